The molecule has 1 N–H and O–H groups in total. The number of guanidine groups is 1. The third-order valence-electron chi connectivity index (χ3n) is 3.50. The van der Waals surface area contributed by atoms with Crippen LogP contribution in [0.5, 0.6) is 0 Å². The summed E-state index contributed by atoms with van der Waals surface area (Å²) in [6, 6.07) is 0.381. The Labute approximate surface area is 112 Å². The molecule has 2 heterocycles. The molecule has 8 heteroatoms. The van der Waals surface area contributed by atoms with Crippen molar-refractivity contribution in [1.29, 1.82) is 0 Å². The third kappa shape index (κ3) is 3.77. The minimum atomic E-state index is -0.647. The van der Waals surface area contributed by atoms with Gasteiger partial charge in [-0.2, -0.15) is 0 Å². The summed E-state index contributed by atoms with van der Waals surface area (Å²) < 4.78 is 5.35. The first-order valence-corrected chi connectivity index (χ1v) is 6.60. The highest BCUT2D eigenvalue weighted by molar-refractivity contribution is 5.79. The lowest BCUT2D eigenvalue weighted by Gasteiger charge is -2.39. The number of hydrogen-bond acceptors (Lipinski definition) is 4. The normalized spacial score (nSPS) is 27.0. The van der Waals surface area contributed by atoms with Crippen molar-refractivity contribution in [3.8, 4) is 0 Å². The second-order valence-corrected chi connectivity index (χ2v) is 5.27. The van der Waals surface area contributed by atoms with Crippen molar-refractivity contribution in [3.05, 3.63) is 10.1 Å². The molecular weight excluding hydrogens is 250 g/mol. The first-order valence-electron chi connectivity index (χ1n) is 6.60. The molecule has 0 bridgehead atoms. The second-order valence-electron chi connectivity index (χ2n) is 5.27. The van der Waals surface area contributed by atoms with Crippen LogP contribution < -0.4 is 5.32 Å². The molecule has 0 aromatic carbocycles. The predicted octanol–water partition coefficient (Wildman–Crippen LogP) is 0.101. The molecule has 0 aromatic heterocycles. The van der Waals surface area contributed by atoms with E-state index < -0.39 is 5.03 Å². The van der Waals surface area contributed by atoms with E-state index in [9.17, 15) is 10.1 Å². The van der Waals surface area contributed by atoms with E-state index >= 15 is 0 Å². The van der Waals surface area contributed by atoms with Gasteiger partial charge in [0.2, 0.25) is 0 Å². The van der Waals surface area contributed by atoms with Crippen molar-refractivity contribution < 1.29 is 9.77 Å². The number of nitrogens with one attached hydrogen (secondary N) is 1. The lowest BCUT2D eigenvalue weighted by Crippen LogP contribution is -2.59. The smallest absolute Gasteiger partial charge is 0.273 e. The van der Waals surface area contributed by atoms with Gasteiger partial charge < -0.3 is 15.0 Å². The zero-order valence-corrected chi connectivity index (χ0v) is 11.4. The minimum absolute atomic E-state index is 0.355. The number of hydrogen-bond donors (Lipinski definition) is 1. The van der Waals surface area contributed by atoms with Gasteiger partial charge in [-0.05, 0) is 20.3 Å². The maximum atomic E-state index is 10.6. The number of nitrogens with zero attached hydrogens (tertiary/aromatic N) is 4. The lowest BCUT2D eigenvalue weighted by molar-refractivity contribution is -0.486. The Balaban J connectivity index is 2.03. The Morgan fingerprint density at radius 3 is 3.00 bits per heavy atom. The van der Waals surface area contributed by atoms with Crippen molar-refractivity contribution in [3.63, 3.8) is 0 Å². The van der Waals surface area contributed by atoms with Crippen LogP contribution in [0.2, 0.25) is 0 Å². The van der Waals surface area contributed by atoms with Gasteiger partial charge in [0.05, 0.1) is 19.9 Å². The van der Waals surface area contributed by atoms with Crippen molar-refractivity contribution in [2.24, 2.45) is 11.0 Å². The van der Waals surface area contributed by atoms with Crippen LogP contribution in [0, 0.1) is 16.0 Å². The molecule has 0 radical (unpaired) electrons. The van der Waals surface area contributed by atoms with Crippen LogP contribution in [-0.4, -0.2) is 59.9 Å². The highest BCUT2D eigenvalue weighted by Gasteiger charge is 2.29. The molecule has 1 atom stereocenters. The van der Waals surface area contributed by atoms with Gasteiger partial charge in [0, 0.05) is 25.1 Å². The van der Waals surface area contributed by atoms with E-state index in [2.05, 4.69) is 29.2 Å². The maximum absolute atomic E-state index is 10.6. The molecule has 0 aliphatic carbocycles. The highest BCUT2D eigenvalue weighted by Crippen LogP contribution is 2.16. The van der Waals surface area contributed by atoms with Crippen LogP contribution in [0.4, 0.5) is 0 Å². The zero-order chi connectivity index (χ0) is 13.8. The van der Waals surface area contributed by atoms with E-state index in [1.54, 1.807) is 0 Å². The van der Waals surface area contributed by atoms with E-state index in [1.807, 2.05) is 4.90 Å². The standard InChI is InChI=1S/C11H21N5O3/c1-9(2)15-7-12-11(13-16(17)18)14(8-15)5-10-3-4-19-6-10/h9-10H,3-8H2,1-2H3,(H,12,13). The molecule has 2 aliphatic rings. The first kappa shape index (κ1) is 14.0. The van der Waals surface area contributed by atoms with Crippen molar-refractivity contribution >= 4 is 5.96 Å². The molecular formula is C11H21N5O3. The molecule has 8 nitrogen and oxygen atoms in total. The van der Waals surface area contributed by atoms with Gasteiger partial charge >= 0.3 is 0 Å². The van der Waals surface area contributed by atoms with E-state index in [4.69, 9.17) is 4.74 Å². The van der Waals surface area contributed by atoms with Gasteiger partial charge in [-0.15, -0.1) is 0 Å². The summed E-state index contributed by atoms with van der Waals surface area (Å²) in [6.07, 6.45) is 1.00. The molecule has 2 fully saturated rings. The summed E-state index contributed by atoms with van der Waals surface area (Å²) in [4.78, 5) is 14.7. The summed E-state index contributed by atoms with van der Waals surface area (Å²) in [7, 11) is 0. The van der Waals surface area contributed by atoms with E-state index in [-0.39, 0.29) is 0 Å². The van der Waals surface area contributed by atoms with Gasteiger partial charge in [0.25, 0.3) is 5.96 Å². The minimum Gasteiger partial charge on any atom is -0.381 e. The second kappa shape index (κ2) is 6.16. The SMILES string of the molecule is CC(C)N1CN/C(=N\[N+](=O)[O-])N(CC2CCOC2)C1. The number of ether oxygens (including phenoxy) is 1. The molecule has 2 saturated heterocycles. The predicted molar refractivity (Wildman–Crippen MR) is 69.9 cm³/mol. The fourth-order valence-corrected chi connectivity index (χ4v) is 2.33. The van der Waals surface area contributed by atoms with Gasteiger partial charge in [-0.1, -0.05) is 0 Å². The molecule has 0 saturated carbocycles. The van der Waals surface area contributed by atoms with Crippen molar-refractivity contribution in [2.45, 2.75) is 26.3 Å². The Hall–Kier alpha value is -1.41. The highest BCUT2D eigenvalue weighted by atomic mass is 16.7. The van der Waals surface area contributed by atoms with Crippen LogP contribution in [0.1, 0.15) is 20.3 Å². The summed E-state index contributed by atoms with van der Waals surface area (Å²) in [5.74, 6) is 0.777. The van der Waals surface area contributed by atoms with Gasteiger partial charge in [0.1, 0.15) is 5.10 Å². The lowest BCUT2D eigenvalue weighted by atomic mass is 10.1. The molecule has 1 unspecified atom stereocenters. The molecule has 2 rings (SSSR count). The van der Waals surface area contributed by atoms with E-state index in [0.717, 1.165) is 26.2 Å². The summed E-state index contributed by atoms with van der Waals surface area (Å²) in [5.41, 5.74) is 0. The van der Waals surface area contributed by atoms with Crippen molar-refractivity contribution in [2.75, 3.05) is 33.1 Å². The van der Waals surface area contributed by atoms with Crippen LogP contribution in [0.3, 0.4) is 0 Å². The third-order valence-corrected chi connectivity index (χ3v) is 3.50. The maximum Gasteiger partial charge on any atom is 0.273 e. The van der Waals surface area contributed by atoms with Crippen molar-refractivity contribution in [1.82, 2.24) is 15.1 Å². The quantitative estimate of drug-likeness (QED) is 0.577. The Morgan fingerprint density at radius 2 is 2.42 bits per heavy atom. The number of nitro groups is 1. The Morgan fingerprint density at radius 1 is 1.63 bits per heavy atom. The number of hydrazone groups is 1. The fraction of sp³-hybridized carbons (Fsp3) is 0.909. The summed E-state index contributed by atoms with van der Waals surface area (Å²) >= 11 is 0. The largest absolute Gasteiger partial charge is 0.381 e. The molecule has 19 heavy (non-hydrogen) atoms. The topological polar surface area (TPSA) is 83.2 Å². The Kier molecular flexibility index (Phi) is 4.54. The van der Waals surface area contributed by atoms with Crippen LogP contribution in [0.15, 0.2) is 5.10 Å². The molecule has 0 amide bonds. The molecule has 0 aromatic rings. The molecule has 2 aliphatic heterocycles. The molecule has 108 valence electrons. The first-order chi connectivity index (χ1) is 9.06. The van der Waals surface area contributed by atoms with Crippen LogP contribution in [-0.2, 0) is 4.74 Å². The van der Waals surface area contributed by atoms with E-state index in [0.29, 0.717) is 31.3 Å². The van der Waals surface area contributed by atoms with Gasteiger partial charge in [-0.3, -0.25) is 4.90 Å². The van der Waals surface area contributed by atoms with Crippen LogP contribution >= 0.6 is 0 Å². The number of rotatable bonds is 4. The van der Waals surface area contributed by atoms with Gasteiger partial charge in [0.15, 0.2) is 5.03 Å². The van der Waals surface area contributed by atoms with E-state index in [1.165, 1.54) is 0 Å². The summed E-state index contributed by atoms with van der Waals surface area (Å²) in [6.45, 7) is 7.70. The summed E-state index contributed by atoms with van der Waals surface area (Å²) in [5, 5.41) is 16.4. The average molecular weight is 271 g/mol. The molecule has 0 spiro atoms. The monoisotopic (exact) mass is 271 g/mol. The van der Waals surface area contributed by atoms with Crippen LogP contribution in [0.25, 0.3) is 0 Å². The fourth-order valence-electron chi connectivity index (χ4n) is 2.33. The van der Waals surface area contributed by atoms with Gasteiger partial charge in [-0.25, -0.2) is 10.1 Å². The zero-order valence-electron chi connectivity index (χ0n) is 11.4. The average Bonchev–Trinajstić information content (AvgIpc) is 2.83. The Bertz CT molecular complexity index is 352.